The number of carbonyl (C=O) groups excluding carboxylic acids is 1. The summed E-state index contributed by atoms with van der Waals surface area (Å²) in [7, 11) is 0. The second-order valence-corrected chi connectivity index (χ2v) is 6.30. The minimum Gasteiger partial charge on any atom is -0.450 e. The summed E-state index contributed by atoms with van der Waals surface area (Å²) in [5, 5.41) is 6.97. The number of hydrogen-bond donors (Lipinski definition) is 1. The molecule has 1 saturated heterocycles. The van der Waals surface area contributed by atoms with Gasteiger partial charge in [0.05, 0.1) is 12.6 Å². The molecule has 2 heterocycles. The number of ether oxygens (including phenoxy) is 1. The molecule has 1 atom stereocenters. The quantitative estimate of drug-likeness (QED) is 0.908. The standard InChI is InChI=1S/C15H25N3O2S/c1-4-13(14-16-11(3)10-21-14)17-12-6-8-18(9-7-12)15(19)20-5-2/h10,12-13,17H,4-9H2,1-3H3/t13-/m0/s1. The minimum absolute atomic E-state index is 0.182. The van der Waals surface area contributed by atoms with E-state index in [1.54, 1.807) is 16.2 Å². The predicted octanol–water partition coefficient (Wildman–Crippen LogP) is 3.11. The molecule has 1 N–H and O–H groups in total. The van der Waals surface area contributed by atoms with Gasteiger partial charge in [-0.2, -0.15) is 0 Å². The molecule has 1 aliphatic rings. The van der Waals surface area contributed by atoms with E-state index < -0.39 is 0 Å². The van der Waals surface area contributed by atoms with E-state index in [4.69, 9.17) is 4.74 Å². The lowest BCUT2D eigenvalue weighted by Gasteiger charge is -2.33. The summed E-state index contributed by atoms with van der Waals surface area (Å²) in [5.41, 5.74) is 1.09. The van der Waals surface area contributed by atoms with Crippen molar-refractivity contribution in [2.75, 3.05) is 19.7 Å². The fourth-order valence-corrected chi connectivity index (χ4v) is 3.56. The van der Waals surface area contributed by atoms with E-state index in [-0.39, 0.29) is 6.09 Å². The van der Waals surface area contributed by atoms with Crippen LogP contribution in [0.4, 0.5) is 4.79 Å². The second kappa shape index (κ2) is 7.75. The average molecular weight is 311 g/mol. The maximum atomic E-state index is 11.7. The molecule has 0 aromatic carbocycles. The number of carbonyl (C=O) groups is 1. The van der Waals surface area contributed by atoms with Crippen LogP contribution in [0.1, 0.15) is 49.9 Å². The molecule has 0 aliphatic carbocycles. The van der Waals surface area contributed by atoms with Crippen LogP contribution in [0, 0.1) is 6.92 Å². The van der Waals surface area contributed by atoms with Crippen molar-refractivity contribution in [1.29, 1.82) is 0 Å². The number of hydrogen-bond acceptors (Lipinski definition) is 5. The van der Waals surface area contributed by atoms with Gasteiger partial charge in [0.15, 0.2) is 0 Å². The molecule has 1 amide bonds. The zero-order chi connectivity index (χ0) is 15.2. The van der Waals surface area contributed by atoms with Crippen LogP contribution in [0.5, 0.6) is 0 Å². The first-order valence-corrected chi connectivity index (χ1v) is 8.61. The van der Waals surface area contributed by atoms with Crippen molar-refractivity contribution >= 4 is 17.4 Å². The predicted molar refractivity (Wildman–Crippen MR) is 84.6 cm³/mol. The summed E-state index contributed by atoms with van der Waals surface area (Å²) in [5.74, 6) is 0. The molecule has 0 spiro atoms. The van der Waals surface area contributed by atoms with Crippen molar-refractivity contribution in [1.82, 2.24) is 15.2 Å². The van der Waals surface area contributed by atoms with Crippen molar-refractivity contribution in [3.8, 4) is 0 Å². The molecule has 0 unspecified atom stereocenters. The van der Waals surface area contributed by atoms with Gasteiger partial charge in [0.25, 0.3) is 0 Å². The van der Waals surface area contributed by atoms with E-state index in [0.717, 1.165) is 38.0 Å². The number of amides is 1. The molecule has 5 nitrogen and oxygen atoms in total. The Hall–Kier alpha value is -1.14. The molecule has 6 heteroatoms. The van der Waals surface area contributed by atoms with Crippen molar-refractivity contribution in [3.63, 3.8) is 0 Å². The average Bonchev–Trinajstić information content (AvgIpc) is 2.92. The summed E-state index contributed by atoms with van der Waals surface area (Å²) >= 11 is 1.72. The Morgan fingerprint density at radius 3 is 2.76 bits per heavy atom. The molecule has 1 fully saturated rings. The highest BCUT2D eigenvalue weighted by Crippen LogP contribution is 2.23. The molecule has 0 saturated carbocycles. The van der Waals surface area contributed by atoms with Crippen molar-refractivity contribution in [2.45, 2.75) is 52.1 Å². The summed E-state index contributed by atoms with van der Waals surface area (Å²) in [6.07, 6.45) is 2.79. The van der Waals surface area contributed by atoms with Gasteiger partial charge in [0.2, 0.25) is 0 Å². The fraction of sp³-hybridized carbons (Fsp3) is 0.733. The summed E-state index contributed by atoms with van der Waals surface area (Å²) in [4.78, 5) is 18.1. The molecular weight excluding hydrogens is 286 g/mol. The normalized spacial score (nSPS) is 17.8. The number of aromatic nitrogens is 1. The monoisotopic (exact) mass is 311 g/mol. The molecule has 0 radical (unpaired) electrons. The number of rotatable bonds is 5. The van der Waals surface area contributed by atoms with E-state index in [0.29, 0.717) is 18.7 Å². The van der Waals surface area contributed by atoms with Crippen LogP contribution in [0.3, 0.4) is 0 Å². The zero-order valence-corrected chi connectivity index (χ0v) is 13.9. The number of thiazole rings is 1. The molecular formula is C15H25N3O2S. The first-order chi connectivity index (χ1) is 10.1. The Morgan fingerprint density at radius 2 is 2.24 bits per heavy atom. The minimum atomic E-state index is -0.182. The van der Waals surface area contributed by atoms with Crippen LogP contribution in [-0.2, 0) is 4.74 Å². The van der Waals surface area contributed by atoms with Gasteiger partial charge in [0, 0.05) is 30.2 Å². The Labute approximate surface area is 130 Å². The molecule has 1 aromatic rings. The van der Waals surface area contributed by atoms with E-state index in [9.17, 15) is 4.79 Å². The first kappa shape index (κ1) is 16.2. The highest BCUT2D eigenvalue weighted by atomic mass is 32.1. The van der Waals surface area contributed by atoms with Gasteiger partial charge in [-0.05, 0) is 33.1 Å². The number of piperidine rings is 1. The SMILES string of the molecule is CCOC(=O)N1CCC(N[C@@H](CC)c2nc(C)cs2)CC1. The molecule has 2 rings (SSSR count). The van der Waals surface area contributed by atoms with Crippen molar-refractivity contribution < 1.29 is 9.53 Å². The van der Waals surface area contributed by atoms with Gasteiger partial charge in [-0.3, -0.25) is 0 Å². The fourth-order valence-electron chi connectivity index (χ4n) is 2.62. The van der Waals surface area contributed by atoms with Crippen LogP contribution in [0.25, 0.3) is 0 Å². The zero-order valence-electron chi connectivity index (χ0n) is 13.1. The molecule has 118 valence electrons. The van der Waals surface area contributed by atoms with Crippen molar-refractivity contribution in [2.24, 2.45) is 0 Å². The Balaban J connectivity index is 1.83. The Kier molecular flexibility index (Phi) is 5.99. The number of nitrogens with zero attached hydrogens (tertiary/aromatic N) is 2. The van der Waals surface area contributed by atoms with E-state index in [1.165, 1.54) is 5.01 Å². The van der Waals surface area contributed by atoms with E-state index >= 15 is 0 Å². The maximum Gasteiger partial charge on any atom is 0.409 e. The van der Waals surface area contributed by atoms with Gasteiger partial charge < -0.3 is 15.0 Å². The number of aryl methyl sites for hydroxylation is 1. The third-order valence-corrected chi connectivity index (χ3v) is 4.88. The van der Waals surface area contributed by atoms with Gasteiger partial charge in [-0.25, -0.2) is 9.78 Å². The Bertz CT molecular complexity index is 456. The Morgan fingerprint density at radius 1 is 1.52 bits per heavy atom. The highest BCUT2D eigenvalue weighted by molar-refractivity contribution is 7.09. The largest absolute Gasteiger partial charge is 0.450 e. The van der Waals surface area contributed by atoms with Crippen LogP contribution in [0.15, 0.2) is 5.38 Å². The molecule has 1 aromatic heterocycles. The lowest BCUT2D eigenvalue weighted by atomic mass is 10.0. The topological polar surface area (TPSA) is 54.5 Å². The number of nitrogens with one attached hydrogen (secondary N) is 1. The summed E-state index contributed by atoms with van der Waals surface area (Å²) in [6, 6.07) is 0.771. The lowest BCUT2D eigenvalue weighted by Crippen LogP contribution is -2.45. The third kappa shape index (κ3) is 4.41. The molecule has 1 aliphatic heterocycles. The van der Waals surface area contributed by atoms with Crippen LogP contribution in [0.2, 0.25) is 0 Å². The van der Waals surface area contributed by atoms with Gasteiger partial charge >= 0.3 is 6.09 Å². The van der Waals surface area contributed by atoms with Crippen LogP contribution in [-0.4, -0.2) is 41.7 Å². The molecule has 0 bridgehead atoms. The van der Waals surface area contributed by atoms with Crippen molar-refractivity contribution in [3.05, 3.63) is 16.1 Å². The van der Waals surface area contributed by atoms with Gasteiger partial charge in [0.1, 0.15) is 5.01 Å². The first-order valence-electron chi connectivity index (χ1n) is 7.73. The number of likely N-dealkylation sites (tertiary alicyclic amines) is 1. The van der Waals surface area contributed by atoms with E-state index in [2.05, 4.69) is 22.6 Å². The lowest BCUT2D eigenvalue weighted by molar-refractivity contribution is 0.0941. The third-order valence-electron chi connectivity index (χ3n) is 3.80. The smallest absolute Gasteiger partial charge is 0.409 e. The van der Waals surface area contributed by atoms with Gasteiger partial charge in [-0.15, -0.1) is 11.3 Å². The van der Waals surface area contributed by atoms with Crippen LogP contribution < -0.4 is 5.32 Å². The second-order valence-electron chi connectivity index (χ2n) is 5.41. The summed E-state index contributed by atoms with van der Waals surface area (Å²) < 4.78 is 5.05. The van der Waals surface area contributed by atoms with E-state index in [1.807, 2.05) is 13.8 Å². The maximum absolute atomic E-state index is 11.7. The van der Waals surface area contributed by atoms with Crippen LogP contribution >= 0.6 is 11.3 Å². The summed E-state index contributed by atoms with van der Waals surface area (Å²) in [6.45, 7) is 8.03. The highest BCUT2D eigenvalue weighted by Gasteiger charge is 2.25. The molecule has 21 heavy (non-hydrogen) atoms. The van der Waals surface area contributed by atoms with Gasteiger partial charge in [-0.1, -0.05) is 6.92 Å².